The zero-order chi connectivity index (χ0) is 46.1. The SMILES string of the molecule is C=C[C@@H]1C[C@]1(NC(=O)[C@@H]1C[C@@H](Oc2nc(-c3ccc(C(F)(F)F)cc3)nc3c2oc2ccccc23)CN1C(=O)[C@@H](Nc1nc(C(=O)N(C)C)cs1)C(C)(C)C)C(=O)NS(=O)(=O)C1CC1. The minimum atomic E-state index is -4.58. The number of carbonyl (C=O) groups excluding carboxylic acids is 4. The predicted octanol–water partition coefficient (Wildman–Crippen LogP) is 5.76. The Morgan fingerprint density at radius 3 is 2.38 bits per heavy atom. The molecule has 0 unspecified atom stereocenters. The number of sulfonamides is 1. The fraction of sp³-hybridized carbons (Fsp3) is 0.419. The molecule has 1 saturated heterocycles. The normalized spacial score (nSPS) is 21.6. The molecule has 64 heavy (non-hydrogen) atoms. The van der Waals surface area contributed by atoms with Crippen molar-refractivity contribution < 1.29 is 49.9 Å². The van der Waals surface area contributed by atoms with E-state index in [4.69, 9.17) is 9.15 Å². The molecule has 5 aromatic rings. The lowest BCUT2D eigenvalue weighted by atomic mass is 9.85. The quantitative estimate of drug-likeness (QED) is 0.121. The van der Waals surface area contributed by atoms with Gasteiger partial charge in [-0.2, -0.15) is 18.2 Å². The fourth-order valence-corrected chi connectivity index (χ4v) is 9.82. The van der Waals surface area contributed by atoms with Crippen LogP contribution in [0.4, 0.5) is 18.3 Å². The molecule has 8 rings (SSSR count). The summed E-state index contributed by atoms with van der Waals surface area (Å²) in [6.07, 6.45) is -3.36. The third-order valence-electron chi connectivity index (χ3n) is 11.5. The first-order valence-corrected chi connectivity index (χ1v) is 22.8. The third kappa shape index (κ3) is 8.61. The zero-order valence-electron chi connectivity index (χ0n) is 35.4. The van der Waals surface area contributed by atoms with Crippen LogP contribution in [0.2, 0.25) is 0 Å². The number of benzene rings is 2. The van der Waals surface area contributed by atoms with E-state index in [0.29, 0.717) is 29.3 Å². The van der Waals surface area contributed by atoms with E-state index in [1.54, 1.807) is 43.7 Å². The highest BCUT2D eigenvalue weighted by atomic mass is 32.2. The summed E-state index contributed by atoms with van der Waals surface area (Å²) >= 11 is 1.12. The number of halogens is 3. The van der Waals surface area contributed by atoms with E-state index in [1.165, 1.54) is 28.0 Å². The van der Waals surface area contributed by atoms with Gasteiger partial charge in [0.15, 0.2) is 11.0 Å². The predicted molar refractivity (Wildman–Crippen MR) is 231 cm³/mol. The molecule has 16 nitrogen and oxygen atoms in total. The van der Waals surface area contributed by atoms with Crippen LogP contribution in [0, 0.1) is 11.3 Å². The summed E-state index contributed by atoms with van der Waals surface area (Å²) in [6.45, 7) is 9.00. The molecule has 3 aromatic heterocycles. The monoisotopic (exact) mass is 922 g/mol. The highest BCUT2D eigenvalue weighted by molar-refractivity contribution is 7.91. The number of hydrogen-bond acceptors (Lipinski definition) is 13. The molecule has 5 atom stereocenters. The number of thiazole rings is 1. The molecule has 0 radical (unpaired) electrons. The number of carbonyl (C=O) groups is 4. The van der Waals surface area contributed by atoms with Gasteiger partial charge in [0.25, 0.3) is 17.7 Å². The Morgan fingerprint density at radius 1 is 1.05 bits per heavy atom. The molecular formula is C43H45F3N8O8S2. The van der Waals surface area contributed by atoms with Crippen molar-refractivity contribution in [3.63, 3.8) is 0 Å². The minimum Gasteiger partial charge on any atom is -0.470 e. The van der Waals surface area contributed by atoms with Gasteiger partial charge in [-0.1, -0.05) is 51.1 Å². The van der Waals surface area contributed by atoms with E-state index in [1.807, 2.05) is 20.8 Å². The molecule has 3 N–H and O–H groups in total. The lowest BCUT2D eigenvalue weighted by Gasteiger charge is -2.35. The Kier molecular flexibility index (Phi) is 11.2. The fourth-order valence-electron chi connectivity index (χ4n) is 7.74. The van der Waals surface area contributed by atoms with Gasteiger partial charge in [-0.15, -0.1) is 17.9 Å². The van der Waals surface area contributed by atoms with E-state index in [2.05, 4.69) is 36.9 Å². The molecule has 2 aliphatic carbocycles. The van der Waals surface area contributed by atoms with Crippen molar-refractivity contribution in [2.45, 2.75) is 81.6 Å². The number of fused-ring (bicyclic) bond motifs is 3. The molecule has 4 amide bonds. The summed E-state index contributed by atoms with van der Waals surface area (Å²) in [5, 5.41) is 7.65. The van der Waals surface area contributed by atoms with Crippen molar-refractivity contribution in [3.8, 4) is 17.3 Å². The maximum absolute atomic E-state index is 15.0. The number of nitrogens with zero attached hydrogens (tertiary/aromatic N) is 5. The highest BCUT2D eigenvalue weighted by Gasteiger charge is 2.62. The molecule has 3 fully saturated rings. The van der Waals surface area contributed by atoms with Crippen molar-refractivity contribution in [1.82, 2.24) is 34.8 Å². The topological polar surface area (TPSA) is 206 Å². The van der Waals surface area contributed by atoms with Gasteiger partial charge in [-0.05, 0) is 48.9 Å². The molecule has 2 saturated carbocycles. The Morgan fingerprint density at radius 2 is 1.75 bits per heavy atom. The van der Waals surface area contributed by atoms with E-state index < -0.39 is 79.8 Å². The smallest absolute Gasteiger partial charge is 0.416 e. The van der Waals surface area contributed by atoms with Gasteiger partial charge in [0.2, 0.25) is 27.4 Å². The Balaban J connectivity index is 1.15. The number of nitrogens with one attached hydrogen (secondary N) is 3. The summed E-state index contributed by atoms with van der Waals surface area (Å²) < 4.78 is 81.0. The van der Waals surface area contributed by atoms with Crippen LogP contribution in [0.1, 0.15) is 62.5 Å². The Labute approximate surface area is 369 Å². The van der Waals surface area contributed by atoms with Crippen molar-refractivity contribution >= 4 is 72.2 Å². The number of rotatable bonds is 13. The molecule has 0 spiro atoms. The lowest BCUT2D eigenvalue weighted by Crippen LogP contribution is -2.58. The molecule has 0 bridgehead atoms. The number of para-hydroxylation sites is 1. The van der Waals surface area contributed by atoms with Crippen molar-refractivity contribution in [3.05, 3.63) is 77.8 Å². The summed E-state index contributed by atoms with van der Waals surface area (Å²) in [6, 6.07) is 8.95. The first-order valence-electron chi connectivity index (χ1n) is 20.4. The number of anilines is 1. The van der Waals surface area contributed by atoms with E-state index in [0.717, 1.165) is 23.5 Å². The maximum atomic E-state index is 15.0. The molecule has 3 aliphatic rings. The van der Waals surface area contributed by atoms with Crippen molar-refractivity contribution in [1.29, 1.82) is 0 Å². The van der Waals surface area contributed by atoms with Crippen LogP contribution < -0.4 is 20.1 Å². The van der Waals surface area contributed by atoms with Gasteiger partial charge >= 0.3 is 6.18 Å². The first-order chi connectivity index (χ1) is 30.1. The average molecular weight is 923 g/mol. The second kappa shape index (κ2) is 16.2. The van der Waals surface area contributed by atoms with Crippen LogP contribution >= 0.6 is 11.3 Å². The lowest BCUT2D eigenvalue weighted by molar-refractivity contribution is -0.141. The second-order valence-electron chi connectivity index (χ2n) is 17.5. The largest absolute Gasteiger partial charge is 0.470 e. The van der Waals surface area contributed by atoms with Gasteiger partial charge in [0, 0.05) is 42.8 Å². The van der Waals surface area contributed by atoms with Crippen molar-refractivity contribution in [2.24, 2.45) is 11.3 Å². The Bertz CT molecular complexity index is 2800. The van der Waals surface area contributed by atoms with Crippen LogP contribution in [-0.4, -0.2) is 106 Å². The van der Waals surface area contributed by atoms with E-state index >= 15 is 0 Å². The zero-order valence-corrected chi connectivity index (χ0v) is 37.0. The van der Waals surface area contributed by atoms with Crippen LogP contribution in [0.3, 0.4) is 0 Å². The second-order valence-corrected chi connectivity index (χ2v) is 20.4. The third-order valence-corrected chi connectivity index (χ3v) is 14.1. The number of alkyl halides is 3. The van der Waals surface area contributed by atoms with Gasteiger partial charge in [0.1, 0.15) is 40.5 Å². The summed E-state index contributed by atoms with van der Waals surface area (Å²) in [7, 11) is -0.816. The van der Waals surface area contributed by atoms with Crippen LogP contribution in [0.15, 0.2) is 71.0 Å². The Hall–Kier alpha value is -6.09. The highest BCUT2D eigenvalue weighted by Crippen LogP contribution is 2.46. The van der Waals surface area contributed by atoms with Gasteiger partial charge in [0.05, 0.1) is 17.4 Å². The van der Waals surface area contributed by atoms with Gasteiger partial charge in [-0.3, -0.25) is 23.9 Å². The standard InChI is InChI=1S/C43H45F3N8O8S2/c1-7-23-19-42(23,39(58)52-64(59,60)26-16-17-26)51-35(55)29-18-25(20-54(29)38(57)33(41(2,3)4)49-40-47-28(21-63-40)37(56)53(5)6)61-36-32-31(27-10-8-9-11-30(27)62-32)48-34(50-36)22-12-14-24(15-13-22)43(44,45)46/h7-15,21,23,25-26,29,33H,1,16-20H2,2-6H3,(H,47,49)(H,51,55)(H,52,58)/t23-,25-,29+,33-,42-/m1/s1. The van der Waals surface area contributed by atoms with E-state index in [-0.39, 0.29) is 59.0 Å². The van der Waals surface area contributed by atoms with Gasteiger partial charge < -0.3 is 29.6 Å². The number of furan rings is 1. The first kappa shape index (κ1) is 44.5. The summed E-state index contributed by atoms with van der Waals surface area (Å²) in [5.41, 5.74) is -2.09. The van der Waals surface area contributed by atoms with E-state index in [9.17, 15) is 40.8 Å². The van der Waals surface area contributed by atoms with Crippen LogP contribution in [0.5, 0.6) is 5.88 Å². The molecular weight excluding hydrogens is 878 g/mol. The molecule has 21 heteroatoms. The summed E-state index contributed by atoms with van der Waals surface area (Å²) in [5.74, 6) is -3.25. The van der Waals surface area contributed by atoms with Crippen molar-refractivity contribution in [2.75, 3.05) is 26.0 Å². The number of aromatic nitrogens is 3. The molecule has 2 aromatic carbocycles. The summed E-state index contributed by atoms with van der Waals surface area (Å²) in [4.78, 5) is 72.3. The molecule has 1 aliphatic heterocycles. The molecule has 4 heterocycles. The maximum Gasteiger partial charge on any atom is 0.416 e. The number of likely N-dealkylation sites (tertiary alicyclic amines) is 1. The molecule has 338 valence electrons. The number of ether oxygens (including phenoxy) is 1. The van der Waals surface area contributed by atoms with Crippen LogP contribution in [0.25, 0.3) is 33.5 Å². The number of amides is 4. The number of hydrogen-bond donors (Lipinski definition) is 3. The van der Waals surface area contributed by atoms with Crippen LogP contribution in [-0.2, 0) is 30.6 Å². The average Bonchev–Trinajstić information content (AvgIpc) is 4.07. The minimum absolute atomic E-state index is 0.0221. The van der Waals surface area contributed by atoms with Gasteiger partial charge in [-0.25, -0.2) is 18.4 Å².